The smallest absolute Gasteiger partial charge is 0.257 e. The van der Waals surface area contributed by atoms with Crippen LogP contribution in [0.3, 0.4) is 0 Å². The number of para-hydroxylation sites is 3. The number of anilines is 1. The van der Waals surface area contributed by atoms with Gasteiger partial charge in [0.2, 0.25) is 0 Å². The van der Waals surface area contributed by atoms with Crippen LogP contribution in [0.15, 0.2) is 59.8 Å². The summed E-state index contributed by atoms with van der Waals surface area (Å²) in [5.41, 5.74) is 11.1. The lowest BCUT2D eigenvalue weighted by Gasteiger charge is -2.11. The molecular formula is C25H23N7O. The molecule has 2 aromatic carbocycles. The maximum Gasteiger partial charge on any atom is 0.257 e. The Bertz CT molecular complexity index is 1540. The van der Waals surface area contributed by atoms with Crippen LogP contribution >= 0.6 is 0 Å². The van der Waals surface area contributed by atoms with Gasteiger partial charge in [-0.3, -0.25) is 4.79 Å². The molecule has 0 saturated heterocycles. The minimum absolute atomic E-state index is 0.165. The fourth-order valence-electron chi connectivity index (χ4n) is 4.64. The molecule has 6 rings (SSSR count). The molecule has 0 aliphatic heterocycles. The van der Waals surface area contributed by atoms with Crippen LogP contribution in [0.25, 0.3) is 33.1 Å². The van der Waals surface area contributed by atoms with E-state index in [9.17, 15) is 4.79 Å². The molecule has 4 N–H and O–H groups in total. The van der Waals surface area contributed by atoms with E-state index in [-0.39, 0.29) is 17.8 Å². The van der Waals surface area contributed by atoms with E-state index in [1.54, 1.807) is 6.21 Å². The third-order valence-electron chi connectivity index (χ3n) is 6.32. The highest BCUT2D eigenvalue weighted by molar-refractivity contribution is 6.11. The Balaban J connectivity index is 1.50. The third-order valence-corrected chi connectivity index (χ3v) is 6.32. The molecule has 0 atom stereocenters. The first-order chi connectivity index (χ1) is 16.2. The number of benzene rings is 2. The highest BCUT2D eigenvalue weighted by Crippen LogP contribution is 2.29. The van der Waals surface area contributed by atoms with Crippen molar-refractivity contribution < 1.29 is 4.79 Å². The summed E-state index contributed by atoms with van der Waals surface area (Å²) in [6.45, 7) is 0. The quantitative estimate of drug-likeness (QED) is 0.366. The monoisotopic (exact) mass is 437 g/mol. The fourth-order valence-corrected chi connectivity index (χ4v) is 4.64. The maximum absolute atomic E-state index is 13.3. The van der Waals surface area contributed by atoms with Gasteiger partial charge in [0.25, 0.3) is 5.91 Å². The van der Waals surface area contributed by atoms with Crippen LogP contribution in [0, 0.1) is 0 Å². The highest BCUT2D eigenvalue weighted by atomic mass is 16.1. The van der Waals surface area contributed by atoms with Gasteiger partial charge in [-0.25, -0.2) is 9.97 Å². The average molecular weight is 438 g/mol. The molecule has 33 heavy (non-hydrogen) atoms. The highest BCUT2D eigenvalue weighted by Gasteiger charge is 2.26. The summed E-state index contributed by atoms with van der Waals surface area (Å²) < 4.78 is 1.51. The lowest BCUT2D eigenvalue weighted by Crippen LogP contribution is -2.33. The number of nitrogens with two attached hydrogens (primary N) is 1. The van der Waals surface area contributed by atoms with Crippen molar-refractivity contribution in [2.45, 2.75) is 31.7 Å². The molecule has 0 spiro atoms. The summed E-state index contributed by atoms with van der Waals surface area (Å²) in [4.78, 5) is 26.0. The van der Waals surface area contributed by atoms with E-state index in [2.05, 4.69) is 15.4 Å². The normalized spacial score (nSPS) is 14.8. The fraction of sp³-hybridized carbons (Fsp3) is 0.200. The molecule has 1 saturated carbocycles. The average Bonchev–Trinajstić information content (AvgIpc) is 3.54. The first-order valence-electron chi connectivity index (χ1n) is 11.2. The van der Waals surface area contributed by atoms with Crippen molar-refractivity contribution in [3.63, 3.8) is 0 Å². The van der Waals surface area contributed by atoms with Gasteiger partial charge in [0, 0.05) is 28.7 Å². The van der Waals surface area contributed by atoms with E-state index in [1.165, 1.54) is 4.68 Å². The first kappa shape index (κ1) is 19.5. The van der Waals surface area contributed by atoms with Gasteiger partial charge in [-0.2, -0.15) is 9.78 Å². The van der Waals surface area contributed by atoms with Crippen molar-refractivity contribution >= 4 is 51.0 Å². The number of nitrogens with zero attached hydrogens (tertiary/aromatic N) is 4. The molecule has 1 fully saturated rings. The Morgan fingerprint density at radius 1 is 1.09 bits per heavy atom. The van der Waals surface area contributed by atoms with Crippen LogP contribution in [0.5, 0.6) is 0 Å². The van der Waals surface area contributed by atoms with E-state index in [0.29, 0.717) is 27.8 Å². The number of nitrogens with one attached hydrogen (secondary N) is 2. The number of H-pyrrole nitrogens is 1. The lowest BCUT2D eigenvalue weighted by molar-refractivity contribution is 0.0940. The van der Waals surface area contributed by atoms with Crippen molar-refractivity contribution in [1.29, 1.82) is 0 Å². The molecule has 1 aliphatic rings. The molecular weight excluding hydrogens is 414 g/mol. The second kappa shape index (κ2) is 7.74. The van der Waals surface area contributed by atoms with Gasteiger partial charge in [0.05, 0.1) is 17.2 Å². The molecule has 5 aromatic rings. The molecule has 8 nitrogen and oxygen atoms in total. The number of hydrogen-bond donors (Lipinski definition) is 3. The van der Waals surface area contributed by atoms with Crippen molar-refractivity contribution in [1.82, 2.24) is 24.9 Å². The number of carbonyl (C=O) groups excluding carboxylic acids is 1. The van der Waals surface area contributed by atoms with E-state index >= 15 is 0 Å². The summed E-state index contributed by atoms with van der Waals surface area (Å²) in [5.74, 6) is 0.00178. The van der Waals surface area contributed by atoms with Gasteiger partial charge in [-0.05, 0) is 31.0 Å². The van der Waals surface area contributed by atoms with Crippen LogP contribution in [0.4, 0.5) is 5.82 Å². The number of hydrogen-bond acceptors (Lipinski definition) is 5. The number of aromatic nitrogens is 4. The van der Waals surface area contributed by atoms with Gasteiger partial charge in [-0.15, -0.1) is 0 Å². The summed E-state index contributed by atoms with van der Waals surface area (Å²) >= 11 is 0. The number of aromatic amines is 1. The first-order valence-corrected chi connectivity index (χ1v) is 11.2. The van der Waals surface area contributed by atoms with E-state index in [4.69, 9.17) is 15.7 Å². The van der Waals surface area contributed by atoms with Crippen molar-refractivity contribution in [3.8, 4) is 0 Å². The molecule has 3 heterocycles. The van der Waals surface area contributed by atoms with Crippen LogP contribution in [0.1, 0.15) is 41.6 Å². The number of carbonyl (C=O) groups is 1. The maximum atomic E-state index is 13.3. The minimum atomic E-state index is -0.227. The summed E-state index contributed by atoms with van der Waals surface area (Å²) in [7, 11) is 0. The Morgan fingerprint density at radius 3 is 2.64 bits per heavy atom. The molecule has 0 bridgehead atoms. The molecule has 0 radical (unpaired) electrons. The van der Waals surface area contributed by atoms with E-state index in [1.807, 2.05) is 54.7 Å². The lowest BCUT2D eigenvalue weighted by atomic mass is 10.2. The zero-order valence-corrected chi connectivity index (χ0v) is 18.0. The topological polar surface area (TPSA) is 114 Å². The zero-order chi connectivity index (χ0) is 22.4. The molecule has 0 unspecified atom stereocenters. The number of nitrogen functional groups attached to an aromatic ring is 1. The SMILES string of the molecule is Nc1c(C(=O)NC2CCCC2)c2nc3ccccc3nc2n1/N=C\c1c[nH]c2ccccc12. The Hall–Kier alpha value is -4.20. The van der Waals surface area contributed by atoms with Crippen LogP contribution < -0.4 is 11.1 Å². The van der Waals surface area contributed by atoms with Gasteiger partial charge in [-0.1, -0.05) is 43.2 Å². The summed E-state index contributed by atoms with van der Waals surface area (Å²) in [5, 5.41) is 8.81. The van der Waals surface area contributed by atoms with Crippen LogP contribution in [-0.4, -0.2) is 37.8 Å². The van der Waals surface area contributed by atoms with Gasteiger partial charge in [0.1, 0.15) is 16.9 Å². The van der Waals surface area contributed by atoms with E-state index < -0.39 is 0 Å². The van der Waals surface area contributed by atoms with Crippen molar-refractivity contribution in [2.24, 2.45) is 5.10 Å². The predicted octanol–water partition coefficient (Wildman–Crippen LogP) is 4.20. The standard InChI is InChI=1S/C25H23N7O/c26-23-21(25(33)29-16-7-1-2-8-16)22-24(31-20-12-6-5-11-19(20)30-22)32(23)28-14-15-13-27-18-10-4-3-9-17(15)18/h3-6,9-14,16,27H,1-2,7-8,26H2,(H,29,33)/b28-14-. The number of amides is 1. The van der Waals surface area contributed by atoms with Crippen molar-refractivity contribution in [2.75, 3.05) is 5.73 Å². The second-order valence-electron chi connectivity index (χ2n) is 8.45. The largest absolute Gasteiger partial charge is 0.383 e. The number of rotatable bonds is 4. The molecule has 164 valence electrons. The molecule has 3 aromatic heterocycles. The Morgan fingerprint density at radius 2 is 1.82 bits per heavy atom. The van der Waals surface area contributed by atoms with Gasteiger partial charge < -0.3 is 16.0 Å². The van der Waals surface area contributed by atoms with Crippen LogP contribution in [-0.2, 0) is 0 Å². The Kier molecular flexibility index (Phi) is 4.57. The summed E-state index contributed by atoms with van der Waals surface area (Å²) in [6, 6.07) is 15.7. The Labute approximate surface area is 189 Å². The summed E-state index contributed by atoms with van der Waals surface area (Å²) in [6.07, 6.45) is 7.84. The van der Waals surface area contributed by atoms with Crippen molar-refractivity contribution in [3.05, 3.63) is 65.9 Å². The molecule has 1 amide bonds. The van der Waals surface area contributed by atoms with Gasteiger partial charge >= 0.3 is 0 Å². The number of fused-ring (bicyclic) bond motifs is 3. The zero-order valence-electron chi connectivity index (χ0n) is 18.0. The second-order valence-corrected chi connectivity index (χ2v) is 8.45. The third kappa shape index (κ3) is 3.31. The van der Waals surface area contributed by atoms with E-state index in [0.717, 1.165) is 42.1 Å². The predicted molar refractivity (Wildman–Crippen MR) is 130 cm³/mol. The minimum Gasteiger partial charge on any atom is -0.383 e. The van der Waals surface area contributed by atoms with Crippen LogP contribution in [0.2, 0.25) is 0 Å². The van der Waals surface area contributed by atoms with Gasteiger partial charge in [0.15, 0.2) is 5.65 Å². The molecule has 8 heteroatoms. The molecule has 1 aliphatic carbocycles.